The Morgan fingerprint density at radius 2 is 1.52 bits per heavy atom. The average Bonchev–Trinajstić information content (AvgIpc) is 2.53. The van der Waals surface area contributed by atoms with Crippen molar-refractivity contribution in [3.05, 3.63) is 65.2 Å². The molecule has 0 aliphatic heterocycles. The van der Waals surface area contributed by atoms with Crippen LogP contribution >= 0.6 is 0 Å². The summed E-state index contributed by atoms with van der Waals surface area (Å²) in [6.07, 6.45) is 0.852. The Labute approximate surface area is 125 Å². The van der Waals surface area contributed by atoms with E-state index in [4.69, 9.17) is 0 Å². The number of aliphatic hydroxyl groups excluding tert-OH is 1. The topological polar surface area (TPSA) is 66.4 Å². The summed E-state index contributed by atoms with van der Waals surface area (Å²) in [5.41, 5.74) is 2.48. The van der Waals surface area contributed by atoms with Crippen molar-refractivity contribution < 1.29 is 13.5 Å². The fraction of sp³-hybridized carbons (Fsp3) is 0.250. The molecule has 2 aromatic rings. The van der Waals surface area contributed by atoms with Gasteiger partial charge in [0.15, 0.2) is 0 Å². The Kier molecular flexibility index (Phi) is 5.12. The minimum Gasteiger partial charge on any atom is -0.392 e. The molecule has 4 nitrogen and oxygen atoms in total. The lowest BCUT2D eigenvalue weighted by Gasteiger charge is -2.12. The van der Waals surface area contributed by atoms with Crippen LogP contribution in [0.2, 0.25) is 0 Å². The average molecular weight is 305 g/mol. The number of aliphatic hydroxyl groups is 1. The molecular weight excluding hydrogens is 286 g/mol. The van der Waals surface area contributed by atoms with Crippen LogP contribution in [0.4, 0.5) is 0 Å². The fourth-order valence-corrected chi connectivity index (χ4v) is 3.46. The predicted molar refractivity (Wildman–Crippen MR) is 82.2 cm³/mol. The van der Waals surface area contributed by atoms with Crippen molar-refractivity contribution in [3.8, 4) is 0 Å². The highest BCUT2D eigenvalue weighted by molar-refractivity contribution is 7.89. The van der Waals surface area contributed by atoms with Crippen LogP contribution in [0.3, 0.4) is 0 Å². The second-order valence-electron chi connectivity index (χ2n) is 4.71. The van der Waals surface area contributed by atoms with E-state index in [-0.39, 0.29) is 18.0 Å². The second kappa shape index (κ2) is 6.85. The van der Waals surface area contributed by atoms with E-state index < -0.39 is 10.0 Å². The van der Waals surface area contributed by atoms with E-state index in [0.29, 0.717) is 5.56 Å². The maximum Gasteiger partial charge on any atom is 0.241 e. The molecule has 0 radical (unpaired) electrons. The Hall–Kier alpha value is -1.69. The van der Waals surface area contributed by atoms with Gasteiger partial charge in [0.1, 0.15) is 0 Å². The number of rotatable bonds is 6. The van der Waals surface area contributed by atoms with Gasteiger partial charge in [0.25, 0.3) is 0 Å². The lowest BCUT2D eigenvalue weighted by molar-refractivity contribution is 0.278. The van der Waals surface area contributed by atoms with Gasteiger partial charge in [-0.2, -0.15) is 0 Å². The number of hydrogen-bond donors (Lipinski definition) is 2. The normalized spacial score (nSPS) is 11.5. The largest absolute Gasteiger partial charge is 0.392 e. The molecule has 112 valence electrons. The summed E-state index contributed by atoms with van der Waals surface area (Å²) in [6, 6.07) is 14.2. The molecule has 0 atom stereocenters. The van der Waals surface area contributed by atoms with E-state index in [0.717, 1.165) is 17.5 Å². The molecule has 5 heteroatoms. The first-order valence-corrected chi connectivity index (χ1v) is 8.32. The zero-order valence-electron chi connectivity index (χ0n) is 11.9. The number of aryl methyl sites for hydroxylation is 1. The smallest absolute Gasteiger partial charge is 0.241 e. The van der Waals surface area contributed by atoms with Crippen molar-refractivity contribution in [3.63, 3.8) is 0 Å². The van der Waals surface area contributed by atoms with Crippen molar-refractivity contribution in [1.29, 1.82) is 0 Å². The van der Waals surface area contributed by atoms with Gasteiger partial charge < -0.3 is 5.11 Å². The van der Waals surface area contributed by atoms with E-state index >= 15 is 0 Å². The molecule has 0 aliphatic rings. The monoisotopic (exact) mass is 305 g/mol. The molecule has 0 spiro atoms. The van der Waals surface area contributed by atoms with Crippen molar-refractivity contribution in [2.45, 2.75) is 31.4 Å². The van der Waals surface area contributed by atoms with Gasteiger partial charge in [-0.25, -0.2) is 13.1 Å². The number of hydrogen-bond acceptors (Lipinski definition) is 3. The van der Waals surface area contributed by atoms with Crippen LogP contribution < -0.4 is 4.72 Å². The second-order valence-corrected chi connectivity index (χ2v) is 6.45. The molecule has 2 aromatic carbocycles. The molecule has 0 fully saturated rings. The molecule has 0 aliphatic carbocycles. The quantitative estimate of drug-likeness (QED) is 0.860. The Morgan fingerprint density at radius 3 is 2.14 bits per heavy atom. The number of benzene rings is 2. The van der Waals surface area contributed by atoms with Crippen molar-refractivity contribution in [1.82, 2.24) is 4.72 Å². The summed E-state index contributed by atoms with van der Waals surface area (Å²) < 4.78 is 27.3. The van der Waals surface area contributed by atoms with Crippen LogP contribution in [0.1, 0.15) is 23.6 Å². The zero-order chi connectivity index (χ0) is 15.3. The van der Waals surface area contributed by atoms with E-state index in [2.05, 4.69) is 4.72 Å². The molecular formula is C16H19NO3S. The zero-order valence-corrected chi connectivity index (χ0v) is 12.7. The van der Waals surface area contributed by atoms with Crippen molar-refractivity contribution in [2.75, 3.05) is 0 Å². The van der Waals surface area contributed by atoms with Gasteiger partial charge in [0.05, 0.1) is 11.5 Å². The molecule has 2 N–H and O–H groups in total. The molecule has 0 bridgehead atoms. The molecule has 0 heterocycles. The van der Waals surface area contributed by atoms with E-state index in [1.165, 1.54) is 6.07 Å². The maximum atomic E-state index is 12.4. The van der Waals surface area contributed by atoms with E-state index in [1.807, 2.05) is 31.2 Å². The maximum absolute atomic E-state index is 12.4. The van der Waals surface area contributed by atoms with Crippen LogP contribution in [0.25, 0.3) is 0 Å². The highest BCUT2D eigenvalue weighted by atomic mass is 32.2. The third-order valence-corrected chi connectivity index (χ3v) is 4.89. The lowest BCUT2D eigenvalue weighted by Crippen LogP contribution is -2.24. The molecule has 21 heavy (non-hydrogen) atoms. The summed E-state index contributed by atoms with van der Waals surface area (Å²) >= 11 is 0. The molecule has 0 unspecified atom stereocenters. The summed E-state index contributed by atoms with van der Waals surface area (Å²) in [5, 5.41) is 9.26. The molecule has 0 saturated carbocycles. The molecule has 2 rings (SSSR count). The Bertz CT molecular complexity index is 711. The van der Waals surface area contributed by atoms with Gasteiger partial charge in [0.2, 0.25) is 10.0 Å². The SMILES string of the molecule is CCc1ccccc1CNS(=O)(=O)c1ccccc1CO. The highest BCUT2D eigenvalue weighted by Gasteiger charge is 2.17. The van der Waals surface area contributed by atoms with Crippen LogP contribution in [0, 0.1) is 0 Å². The van der Waals surface area contributed by atoms with Gasteiger partial charge in [-0.05, 0) is 29.2 Å². The van der Waals surface area contributed by atoms with Crippen LogP contribution in [0.5, 0.6) is 0 Å². The van der Waals surface area contributed by atoms with Crippen LogP contribution in [-0.4, -0.2) is 13.5 Å². The van der Waals surface area contributed by atoms with Gasteiger partial charge in [0, 0.05) is 6.54 Å². The molecule has 0 amide bonds. The predicted octanol–water partition coefficient (Wildman–Crippen LogP) is 2.22. The first-order chi connectivity index (χ1) is 10.1. The van der Waals surface area contributed by atoms with E-state index in [9.17, 15) is 13.5 Å². The standard InChI is InChI=1S/C16H19NO3S/c1-2-13-7-3-4-8-14(13)11-17-21(19,20)16-10-6-5-9-15(16)12-18/h3-10,17-18H,2,11-12H2,1H3. The highest BCUT2D eigenvalue weighted by Crippen LogP contribution is 2.16. The first kappa shape index (κ1) is 15.7. The number of nitrogens with one attached hydrogen (secondary N) is 1. The summed E-state index contributed by atoms with van der Waals surface area (Å²) in [5.74, 6) is 0. The van der Waals surface area contributed by atoms with Gasteiger partial charge in [-0.15, -0.1) is 0 Å². The summed E-state index contributed by atoms with van der Waals surface area (Å²) in [6.45, 7) is 1.98. The van der Waals surface area contributed by atoms with Gasteiger partial charge in [-0.1, -0.05) is 49.4 Å². The first-order valence-electron chi connectivity index (χ1n) is 6.83. The van der Waals surface area contributed by atoms with Crippen molar-refractivity contribution in [2.24, 2.45) is 0 Å². The van der Waals surface area contributed by atoms with Crippen molar-refractivity contribution >= 4 is 10.0 Å². The summed E-state index contributed by atoms with van der Waals surface area (Å²) in [7, 11) is -3.64. The summed E-state index contributed by atoms with van der Waals surface area (Å²) in [4.78, 5) is 0.126. The van der Waals surface area contributed by atoms with E-state index in [1.54, 1.807) is 18.2 Å². The van der Waals surface area contributed by atoms with Gasteiger partial charge >= 0.3 is 0 Å². The minimum absolute atomic E-state index is 0.126. The minimum atomic E-state index is -3.64. The Balaban J connectivity index is 2.22. The van der Waals surface area contributed by atoms with Crippen LogP contribution in [0.15, 0.2) is 53.4 Å². The molecule has 0 aromatic heterocycles. The Morgan fingerprint density at radius 1 is 0.952 bits per heavy atom. The third kappa shape index (κ3) is 3.69. The molecule has 0 saturated heterocycles. The van der Waals surface area contributed by atoms with Crippen LogP contribution in [-0.2, 0) is 29.6 Å². The third-order valence-electron chi connectivity index (χ3n) is 3.38. The van der Waals surface area contributed by atoms with Gasteiger partial charge in [-0.3, -0.25) is 0 Å². The fourth-order valence-electron chi connectivity index (χ4n) is 2.22. The lowest BCUT2D eigenvalue weighted by atomic mass is 10.1. The number of sulfonamides is 1.